The van der Waals surface area contributed by atoms with Crippen LogP contribution in [0, 0.1) is 6.92 Å². The highest BCUT2D eigenvalue weighted by Gasteiger charge is 2.14. The number of benzene rings is 2. The number of rotatable bonds is 3. The summed E-state index contributed by atoms with van der Waals surface area (Å²) in [6, 6.07) is 11.3. The predicted octanol–water partition coefficient (Wildman–Crippen LogP) is 2.21. The van der Waals surface area contributed by atoms with Crippen molar-refractivity contribution in [1.82, 2.24) is 0 Å². The minimum absolute atomic E-state index is 0.0490. The van der Waals surface area contributed by atoms with Crippen LogP contribution in [0.25, 0.3) is 0 Å². The van der Waals surface area contributed by atoms with E-state index in [2.05, 4.69) is 0 Å². The molecule has 4 nitrogen and oxygen atoms in total. The van der Waals surface area contributed by atoms with Gasteiger partial charge in [0.05, 0.1) is 4.90 Å². The molecule has 0 aliphatic carbocycles. The summed E-state index contributed by atoms with van der Waals surface area (Å²) in [5.74, 6) is -0.248. The normalized spacial score (nSPS) is 11.3. The van der Waals surface area contributed by atoms with Crippen LogP contribution in [0.4, 0.5) is 5.69 Å². The van der Waals surface area contributed by atoms with Gasteiger partial charge in [-0.15, -0.1) is 0 Å². The highest BCUT2D eigenvalue weighted by molar-refractivity contribution is 7.90. The minimum atomic E-state index is -3.40. The standard InChI is InChI=1S/C15H15NO3S/c1-10-3-5-11(6-4-10)15(17)12-7-13(16)9-14(8-12)20(2,18)19/h3-9H,16H2,1-2H3. The number of carbonyl (C=O) groups excluding carboxylic acids is 1. The Kier molecular flexibility index (Phi) is 3.63. The Labute approximate surface area is 118 Å². The molecule has 0 atom stereocenters. The van der Waals surface area contributed by atoms with Gasteiger partial charge in [-0.25, -0.2) is 8.42 Å². The Morgan fingerprint density at radius 1 is 1.00 bits per heavy atom. The summed E-state index contributed by atoms with van der Waals surface area (Å²) in [6.45, 7) is 1.93. The highest BCUT2D eigenvalue weighted by Crippen LogP contribution is 2.19. The molecular formula is C15H15NO3S. The molecular weight excluding hydrogens is 274 g/mol. The number of sulfone groups is 1. The summed E-state index contributed by atoms with van der Waals surface area (Å²) in [7, 11) is -3.40. The van der Waals surface area contributed by atoms with Gasteiger partial charge in [-0.05, 0) is 25.1 Å². The van der Waals surface area contributed by atoms with Gasteiger partial charge >= 0.3 is 0 Å². The molecule has 0 fully saturated rings. The summed E-state index contributed by atoms with van der Waals surface area (Å²) in [4.78, 5) is 12.4. The van der Waals surface area contributed by atoms with E-state index in [9.17, 15) is 13.2 Å². The van der Waals surface area contributed by atoms with Crippen molar-refractivity contribution >= 4 is 21.3 Å². The van der Waals surface area contributed by atoms with Crippen molar-refractivity contribution < 1.29 is 13.2 Å². The SMILES string of the molecule is Cc1ccc(C(=O)c2cc(N)cc(S(C)(=O)=O)c2)cc1. The van der Waals surface area contributed by atoms with Gasteiger partial charge in [-0.2, -0.15) is 0 Å². The lowest BCUT2D eigenvalue weighted by Crippen LogP contribution is -2.06. The number of ketones is 1. The fraction of sp³-hybridized carbons (Fsp3) is 0.133. The quantitative estimate of drug-likeness (QED) is 0.694. The van der Waals surface area contributed by atoms with Gasteiger partial charge < -0.3 is 5.73 Å². The third-order valence-electron chi connectivity index (χ3n) is 2.93. The molecule has 0 saturated carbocycles. The molecule has 2 rings (SSSR count). The third-order valence-corrected chi connectivity index (χ3v) is 4.02. The van der Waals surface area contributed by atoms with Gasteiger partial charge in [-0.1, -0.05) is 29.8 Å². The second kappa shape index (κ2) is 5.09. The van der Waals surface area contributed by atoms with Crippen LogP contribution in [-0.4, -0.2) is 20.5 Å². The second-order valence-electron chi connectivity index (χ2n) is 4.76. The number of nitrogen functional groups attached to an aromatic ring is 1. The zero-order valence-electron chi connectivity index (χ0n) is 11.3. The van der Waals surface area contributed by atoms with Gasteiger partial charge in [0.2, 0.25) is 0 Å². The van der Waals surface area contributed by atoms with E-state index in [4.69, 9.17) is 5.73 Å². The minimum Gasteiger partial charge on any atom is -0.399 e. The summed E-state index contributed by atoms with van der Waals surface area (Å²) < 4.78 is 23.1. The average molecular weight is 289 g/mol. The smallest absolute Gasteiger partial charge is 0.193 e. The molecule has 0 aliphatic heterocycles. The van der Waals surface area contributed by atoms with Crippen LogP contribution < -0.4 is 5.73 Å². The highest BCUT2D eigenvalue weighted by atomic mass is 32.2. The van der Waals surface area contributed by atoms with Crippen LogP contribution in [0.1, 0.15) is 21.5 Å². The number of carbonyl (C=O) groups is 1. The lowest BCUT2D eigenvalue weighted by molar-refractivity contribution is 0.103. The van der Waals surface area contributed by atoms with Crippen molar-refractivity contribution in [2.75, 3.05) is 12.0 Å². The lowest BCUT2D eigenvalue weighted by atomic mass is 10.0. The molecule has 2 aromatic carbocycles. The molecule has 0 radical (unpaired) electrons. The van der Waals surface area contributed by atoms with Crippen LogP contribution in [0.3, 0.4) is 0 Å². The maximum absolute atomic E-state index is 12.3. The zero-order chi connectivity index (χ0) is 14.9. The van der Waals surface area contributed by atoms with Gasteiger partial charge in [0.15, 0.2) is 15.6 Å². The molecule has 5 heteroatoms. The fourth-order valence-corrected chi connectivity index (χ4v) is 2.53. The number of nitrogens with two attached hydrogens (primary N) is 1. The number of hydrogen-bond acceptors (Lipinski definition) is 4. The van der Waals surface area contributed by atoms with E-state index in [1.54, 1.807) is 12.1 Å². The molecule has 0 aliphatic rings. The van der Waals surface area contributed by atoms with Gasteiger partial charge in [0, 0.05) is 23.1 Å². The number of anilines is 1. The molecule has 0 unspecified atom stereocenters. The van der Waals surface area contributed by atoms with E-state index >= 15 is 0 Å². The Morgan fingerprint density at radius 3 is 2.15 bits per heavy atom. The van der Waals surface area contributed by atoms with Crippen LogP contribution in [0.15, 0.2) is 47.4 Å². The van der Waals surface area contributed by atoms with E-state index < -0.39 is 9.84 Å². The molecule has 0 saturated heterocycles. The van der Waals surface area contributed by atoms with Crippen LogP contribution in [0.2, 0.25) is 0 Å². The van der Waals surface area contributed by atoms with Crippen molar-refractivity contribution in [2.24, 2.45) is 0 Å². The fourth-order valence-electron chi connectivity index (χ4n) is 1.84. The van der Waals surface area contributed by atoms with Gasteiger partial charge in [0.1, 0.15) is 0 Å². The average Bonchev–Trinajstić information content (AvgIpc) is 2.37. The van der Waals surface area contributed by atoms with E-state index in [-0.39, 0.29) is 21.9 Å². The summed E-state index contributed by atoms with van der Waals surface area (Å²) in [5, 5.41) is 0. The Hall–Kier alpha value is -2.14. The van der Waals surface area contributed by atoms with Crippen LogP contribution in [-0.2, 0) is 9.84 Å². The first kappa shape index (κ1) is 14.3. The molecule has 0 bridgehead atoms. The predicted molar refractivity (Wildman–Crippen MR) is 78.6 cm³/mol. The largest absolute Gasteiger partial charge is 0.399 e. The van der Waals surface area contributed by atoms with E-state index in [1.165, 1.54) is 18.2 Å². The molecule has 20 heavy (non-hydrogen) atoms. The van der Waals surface area contributed by atoms with E-state index in [1.807, 2.05) is 19.1 Å². The van der Waals surface area contributed by atoms with Crippen molar-refractivity contribution in [1.29, 1.82) is 0 Å². The maximum Gasteiger partial charge on any atom is 0.193 e. The summed E-state index contributed by atoms with van der Waals surface area (Å²) >= 11 is 0. The van der Waals surface area contributed by atoms with Crippen LogP contribution >= 0.6 is 0 Å². The van der Waals surface area contributed by atoms with Crippen LogP contribution in [0.5, 0.6) is 0 Å². The van der Waals surface area contributed by atoms with Crippen molar-refractivity contribution in [2.45, 2.75) is 11.8 Å². The third kappa shape index (κ3) is 3.05. The Bertz CT molecular complexity index is 762. The first-order valence-electron chi connectivity index (χ1n) is 5.99. The van der Waals surface area contributed by atoms with Crippen molar-refractivity contribution in [3.8, 4) is 0 Å². The first-order valence-corrected chi connectivity index (χ1v) is 7.88. The molecule has 0 aromatic heterocycles. The lowest BCUT2D eigenvalue weighted by Gasteiger charge is -2.06. The summed E-state index contributed by atoms with van der Waals surface area (Å²) in [6.07, 6.45) is 1.09. The molecule has 2 N–H and O–H groups in total. The van der Waals surface area contributed by atoms with Crippen molar-refractivity contribution in [3.63, 3.8) is 0 Å². The second-order valence-corrected chi connectivity index (χ2v) is 6.77. The maximum atomic E-state index is 12.3. The van der Waals surface area contributed by atoms with E-state index in [0.717, 1.165) is 11.8 Å². The molecule has 104 valence electrons. The number of hydrogen-bond donors (Lipinski definition) is 1. The Balaban J connectivity index is 2.50. The molecule has 2 aromatic rings. The van der Waals surface area contributed by atoms with Gasteiger partial charge in [0.25, 0.3) is 0 Å². The van der Waals surface area contributed by atoms with E-state index in [0.29, 0.717) is 5.56 Å². The van der Waals surface area contributed by atoms with Gasteiger partial charge in [-0.3, -0.25) is 4.79 Å². The van der Waals surface area contributed by atoms with Crippen molar-refractivity contribution in [3.05, 3.63) is 59.2 Å². The first-order chi connectivity index (χ1) is 9.27. The monoisotopic (exact) mass is 289 g/mol. The number of aryl methyl sites for hydroxylation is 1. The molecule has 0 heterocycles. The Morgan fingerprint density at radius 2 is 1.60 bits per heavy atom. The molecule has 0 amide bonds. The molecule has 0 spiro atoms. The summed E-state index contributed by atoms with van der Waals surface area (Å²) in [5.41, 5.74) is 7.75. The zero-order valence-corrected chi connectivity index (χ0v) is 12.1. The topological polar surface area (TPSA) is 77.2 Å².